The number of hydrogen-bond acceptors (Lipinski definition) is 8. The maximum absolute atomic E-state index is 12.5. The molecular formula is C26H17ClN2O7. The fourth-order valence-corrected chi connectivity index (χ4v) is 3.43. The van der Waals surface area contributed by atoms with Gasteiger partial charge in [0.25, 0.3) is 5.69 Å². The summed E-state index contributed by atoms with van der Waals surface area (Å²) in [5.41, 5.74) is 1.17. The molecule has 0 spiro atoms. The average molecular weight is 505 g/mol. The Morgan fingerprint density at radius 2 is 1.89 bits per heavy atom. The number of nitro groups is 1. The van der Waals surface area contributed by atoms with E-state index in [1.54, 1.807) is 48.5 Å². The molecule has 3 aromatic rings. The summed E-state index contributed by atoms with van der Waals surface area (Å²) in [6.45, 7) is 0. The predicted molar refractivity (Wildman–Crippen MR) is 133 cm³/mol. The summed E-state index contributed by atoms with van der Waals surface area (Å²) in [6, 6.07) is 17.2. The van der Waals surface area contributed by atoms with Crippen LogP contribution in [0.1, 0.15) is 16.7 Å². The summed E-state index contributed by atoms with van der Waals surface area (Å²) in [4.78, 5) is 39.5. The Bertz CT molecular complexity index is 1460. The molecule has 0 atom stereocenters. The maximum atomic E-state index is 12.5. The molecule has 0 saturated heterocycles. The quantitative estimate of drug-likeness (QED) is 0.142. The van der Waals surface area contributed by atoms with Gasteiger partial charge in [-0.05, 0) is 42.0 Å². The molecule has 36 heavy (non-hydrogen) atoms. The fourth-order valence-electron chi connectivity index (χ4n) is 3.26. The van der Waals surface area contributed by atoms with Gasteiger partial charge in [0.15, 0.2) is 5.70 Å². The minimum atomic E-state index is -0.714. The largest absolute Gasteiger partial charge is 0.496 e. The van der Waals surface area contributed by atoms with Gasteiger partial charge in [0.05, 0.1) is 17.6 Å². The third-order valence-electron chi connectivity index (χ3n) is 4.93. The van der Waals surface area contributed by atoms with E-state index >= 15 is 0 Å². The first kappa shape index (κ1) is 24.4. The van der Waals surface area contributed by atoms with Crippen molar-refractivity contribution in [1.82, 2.24) is 0 Å². The van der Waals surface area contributed by atoms with Crippen molar-refractivity contribution in [1.29, 1.82) is 0 Å². The lowest BCUT2D eigenvalue weighted by Crippen LogP contribution is -2.07. The maximum Gasteiger partial charge on any atom is 0.363 e. The highest BCUT2D eigenvalue weighted by Gasteiger charge is 2.27. The van der Waals surface area contributed by atoms with Gasteiger partial charge in [0, 0.05) is 28.8 Å². The highest BCUT2D eigenvalue weighted by Crippen LogP contribution is 2.29. The summed E-state index contributed by atoms with van der Waals surface area (Å²) < 4.78 is 16.0. The van der Waals surface area contributed by atoms with Crippen LogP contribution in [0.4, 0.5) is 5.69 Å². The second-order valence-electron chi connectivity index (χ2n) is 7.33. The monoisotopic (exact) mass is 504 g/mol. The van der Waals surface area contributed by atoms with Gasteiger partial charge >= 0.3 is 11.9 Å². The van der Waals surface area contributed by atoms with E-state index in [0.29, 0.717) is 27.5 Å². The highest BCUT2D eigenvalue weighted by molar-refractivity contribution is 6.31. The van der Waals surface area contributed by atoms with Crippen LogP contribution in [0.5, 0.6) is 11.5 Å². The van der Waals surface area contributed by atoms with Crippen LogP contribution < -0.4 is 9.47 Å². The Kier molecular flexibility index (Phi) is 7.22. The van der Waals surface area contributed by atoms with Gasteiger partial charge in [-0.15, -0.1) is 0 Å². The van der Waals surface area contributed by atoms with Crippen molar-refractivity contribution < 1.29 is 28.7 Å². The second-order valence-corrected chi connectivity index (χ2v) is 7.76. The number of ether oxygens (including phenoxy) is 3. The number of benzene rings is 3. The number of carbonyl (C=O) groups is 2. The van der Waals surface area contributed by atoms with Crippen molar-refractivity contribution in [3.63, 3.8) is 0 Å². The zero-order chi connectivity index (χ0) is 25.7. The molecule has 0 bridgehead atoms. The van der Waals surface area contributed by atoms with Gasteiger partial charge in [-0.2, -0.15) is 0 Å². The first-order chi connectivity index (χ1) is 17.3. The number of cyclic esters (lactones) is 1. The van der Waals surface area contributed by atoms with E-state index in [1.807, 2.05) is 0 Å². The van der Waals surface area contributed by atoms with E-state index in [1.165, 1.54) is 37.5 Å². The van der Waals surface area contributed by atoms with Gasteiger partial charge in [0.2, 0.25) is 5.90 Å². The summed E-state index contributed by atoms with van der Waals surface area (Å²) in [7, 11) is 1.47. The average Bonchev–Trinajstić information content (AvgIpc) is 3.24. The van der Waals surface area contributed by atoms with Gasteiger partial charge < -0.3 is 14.2 Å². The molecule has 0 amide bonds. The third kappa shape index (κ3) is 5.65. The van der Waals surface area contributed by atoms with Crippen molar-refractivity contribution >= 4 is 47.3 Å². The Balaban J connectivity index is 1.56. The molecule has 10 heteroatoms. The van der Waals surface area contributed by atoms with E-state index in [9.17, 15) is 19.7 Å². The molecular weight excluding hydrogens is 488 g/mol. The number of aliphatic imine (C=N–C) groups is 1. The standard InChI is InChI=1S/C26H17ClN2O7/c1-34-23-11-10-18(27)15-20(23)25-28-21(26(31)36-25)14-17-6-2-3-8-22(17)35-24(30)12-9-16-5-4-7-19(13-16)29(32)33/h2-15H,1H3/b12-9+,21-14-. The molecule has 0 saturated carbocycles. The van der Waals surface area contributed by atoms with E-state index in [2.05, 4.69) is 4.99 Å². The van der Waals surface area contributed by atoms with E-state index < -0.39 is 16.9 Å². The van der Waals surface area contributed by atoms with Crippen LogP contribution in [-0.4, -0.2) is 29.9 Å². The molecule has 9 nitrogen and oxygen atoms in total. The van der Waals surface area contributed by atoms with Crippen molar-refractivity contribution in [2.75, 3.05) is 7.11 Å². The number of non-ortho nitro benzene ring substituents is 1. The highest BCUT2D eigenvalue weighted by atomic mass is 35.5. The number of methoxy groups -OCH3 is 1. The minimum Gasteiger partial charge on any atom is -0.496 e. The van der Waals surface area contributed by atoms with Crippen LogP contribution in [0.3, 0.4) is 0 Å². The van der Waals surface area contributed by atoms with E-state index in [0.717, 1.165) is 6.08 Å². The molecule has 0 radical (unpaired) electrons. The van der Waals surface area contributed by atoms with Gasteiger partial charge in [0.1, 0.15) is 11.5 Å². The molecule has 4 rings (SSSR count). The first-order valence-electron chi connectivity index (χ1n) is 10.4. The van der Waals surface area contributed by atoms with Crippen LogP contribution >= 0.6 is 11.6 Å². The molecule has 0 aliphatic carbocycles. The molecule has 180 valence electrons. The predicted octanol–water partition coefficient (Wildman–Crippen LogP) is 5.22. The van der Waals surface area contributed by atoms with Crippen LogP contribution in [0.2, 0.25) is 5.02 Å². The lowest BCUT2D eigenvalue weighted by atomic mass is 10.1. The lowest BCUT2D eigenvalue weighted by Gasteiger charge is -2.07. The zero-order valence-electron chi connectivity index (χ0n) is 18.7. The van der Waals surface area contributed by atoms with Crippen molar-refractivity contribution in [3.8, 4) is 11.5 Å². The number of esters is 2. The van der Waals surface area contributed by atoms with Crippen molar-refractivity contribution in [2.24, 2.45) is 4.99 Å². The Morgan fingerprint density at radius 3 is 2.67 bits per heavy atom. The molecule has 3 aromatic carbocycles. The topological polar surface area (TPSA) is 117 Å². The summed E-state index contributed by atoms with van der Waals surface area (Å²) in [5.74, 6) is -0.777. The number of hydrogen-bond donors (Lipinski definition) is 0. The Morgan fingerprint density at radius 1 is 1.08 bits per heavy atom. The normalized spacial score (nSPS) is 14.0. The minimum absolute atomic E-state index is 0.0114. The fraction of sp³-hybridized carbons (Fsp3) is 0.0385. The summed E-state index contributed by atoms with van der Waals surface area (Å²) in [6.07, 6.45) is 3.98. The van der Waals surface area contributed by atoms with Crippen molar-refractivity contribution in [2.45, 2.75) is 0 Å². The third-order valence-corrected chi connectivity index (χ3v) is 5.16. The van der Waals surface area contributed by atoms with Crippen LogP contribution in [0.15, 0.2) is 83.5 Å². The molecule has 1 heterocycles. The van der Waals surface area contributed by atoms with Gasteiger partial charge in [-0.1, -0.05) is 41.9 Å². The van der Waals surface area contributed by atoms with Crippen LogP contribution in [0.25, 0.3) is 12.2 Å². The number of para-hydroxylation sites is 1. The molecule has 0 fully saturated rings. The second kappa shape index (κ2) is 10.7. The van der Waals surface area contributed by atoms with E-state index in [-0.39, 0.29) is 23.0 Å². The number of carbonyl (C=O) groups excluding carboxylic acids is 2. The van der Waals surface area contributed by atoms with Gasteiger partial charge in [-0.25, -0.2) is 14.6 Å². The first-order valence-corrected chi connectivity index (χ1v) is 10.8. The van der Waals surface area contributed by atoms with Crippen LogP contribution in [0, 0.1) is 10.1 Å². The summed E-state index contributed by atoms with van der Waals surface area (Å²) in [5, 5.41) is 11.3. The number of nitrogens with zero attached hydrogens (tertiary/aromatic N) is 2. The molecule has 0 aromatic heterocycles. The molecule has 0 N–H and O–H groups in total. The molecule has 0 unspecified atom stereocenters. The zero-order valence-corrected chi connectivity index (χ0v) is 19.5. The number of rotatable bonds is 7. The lowest BCUT2D eigenvalue weighted by molar-refractivity contribution is -0.384. The Hall–Kier alpha value is -4.76. The van der Waals surface area contributed by atoms with Crippen molar-refractivity contribution in [3.05, 3.63) is 110 Å². The summed E-state index contributed by atoms with van der Waals surface area (Å²) >= 11 is 6.06. The number of halogens is 1. The molecule has 1 aliphatic heterocycles. The number of nitro benzene ring substituents is 1. The SMILES string of the molecule is COc1ccc(Cl)cc1C1=N/C(=C\c2ccccc2OC(=O)/C=C/c2cccc([N+](=O)[O-])c2)C(=O)O1. The smallest absolute Gasteiger partial charge is 0.363 e. The van der Waals surface area contributed by atoms with E-state index in [4.69, 9.17) is 25.8 Å². The van der Waals surface area contributed by atoms with Crippen LogP contribution in [-0.2, 0) is 14.3 Å². The Labute approximate surface area is 210 Å². The molecule has 1 aliphatic rings. The van der Waals surface area contributed by atoms with Gasteiger partial charge in [-0.3, -0.25) is 10.1 Å².